The maximum absolute atomic E-state index is 11.8. The molecule has 1 saturated heterocycles. The predicted octanol–water partition coefficient (Wildman–Crippen LogP) is 0.445. The third kappa shape index (κ3) is 2.89. The molecule has 0 aromatic heterocycles. The number of primary sulfonamides is 1. The van der Waals surface area contributed by atoms with Crippen molar-refractivity contribution in [3.8, 4) is 0 Å². The number of nitrogen functional groups attached to an aromatic ring is 1. The molecule has 1 aliphatic heterocycles. The summed E-state index contributed by atoms with van der Waals surface area (Å²) in [5.74, 6) is 0. The van der Waals surface area contributed by atoms with Crippen molar-refractivity contribution >= 4 is 21.4 Å². The van der Waals surface area contributed by atoms with Crippen LogP contribution in [0.1, 0.15) is 13.8 Å². The topological polar surface area (TPSA) is 92.7 Å². The van der Waals surface area contributed by atoms with E-state index in [-0.39, 0.29) is 4.90 Å². The SMILES string of the molecule is CC1CN(c2ccc(N)cc2S(N)(=O)=O)CC(C)N1C. The first-order valence-electron chi connectivity index (χ1n) is 6.59. The summed E-state index contributed by atoms with van der Waals surface area (Å²) in [5, 5.41) is 5.31. The number of rotatable bonds is 2. The van der Waals surface area contributed by atoms with Gasteiger partial charge in [-0.15, -0.1) is 0 Å². The van der Waals surface area contributed by atoms with Crippen LogP contribution in [0, 0.1) is 0 Å². The second-order valence-electron chi connectivity index (χ2n) is 5.54. The maximum Gasteiger partial charge on any atom is 0.240 e. The molecular formula is C13H22N4O2S. The average Bonchev–Trinajstić information content (AvgIpc) is 2.34. The largest absolute Gasteiger partial charge is 0.399 e. The molecular weight excluding hydrogens is 276 g/mol. The highest BCUT2D eigenvalue weighted by atomic mass is 32.2. The Hall–Kier alpha value is -1.31. The van der Waals surface area contributed by atoms with Gasteiger partial charge in [0, 0.05) is 30.9 Å². The standard InChI is InChI=1S/C13H22N4O2S/c1-9-7-17(8-10(2)16(9)3)12-5-4-11(14)6-13(12)20(15,18)19/h4-6,9-10H,7-8,14H2,1-3H3,(H2,15,18,19). The summed E-state index contributed by atoms with van der Waals surface area (Å²) >= 11 is 0. The Labute approximate surface area is 120 Å². The summed E-state index contributed by atoms with van der Waals surface area (Å²) in [6, 6.07) is 5.55. The first kappa shape index (κ1) is 15.1. The van der Waals surface area contributed by atoms with Gasteiger partial charge in [-0.05, 0) is 39.1 Å². The van der Waals surface area contributed by atoms with E-state index in [1.165, 1.54) is 6.07 Å². The quantitative estimate of drug-likeness (QED) is 0.773. The van der Waals surface area contributed by atoms with E-state index in [1.54, 1.807) is 12.1 Å². The van der Waals surface area contributed by atoms with Gasteiger partial charge in [0.1, 0.15) is 4.90 Å². The number of benzene rings is 1. The van der Waals surface area contributed by atoms with Gasteiger partial charge in [-0.3, -0.25) is 4.90 Å². The van der Waals surface area contributed by atoms with Gasteiger partial charge in [-0.2, -0.15) is 0 Å². The van der Waals surface area contributed by atoms with E-state index in [9.17, 15) is 8.42 Å². The van der Waals surface area contributed by atoms with Crippen LogP contribution < -0.4 is 15.8 Å². The summed E-state index contributed by atoms with van der Waals surface area (Å²) in [6.45, 7) is 5.76. The molecule has 112 valence electrons. The van der Waals surface area contributed by atoms with Gasteiger partial charge in [0.15, 0.2) is 0 Å². The molecule has 1 aliphatic rings. The molecule has 1 fully saturated rings. The van der Waals surface area contributed by atoms with E-state index in [2.05, 4.69) is 30.7 Å². The minimum Gasteiger partial charge on any atom is -0.399 e. The fourth-order valence-electron chi connectivity index (χ4n) is 2.62. The number of hydrogen-bond donors (Lipinski definition) is 2. The van der Waals surface area contributed by atoms with Crippen LogP contribution in [0.15, 0.2) is 23.1 Å². The zero-order valence-corrected chi connectivity index (χ0v) is 12.9. The smallest absolute Gasteiger partial charge is 0.240 e. The van der Waals surface area contributed by atoms with Gasteiger partial charge in [-0.25, -0.2) is 13.6 Å². The van der Waals surface area contributed by atoms with Crippen molar-refractivity contribution in [3.05, 3.63) is 18.2 Å². The molecule has 2 unspecified atom stereocenters. The molecule has 6 nitrogen and oxygen atoms in total. The first-order valence-corrected chi connectivity index (χ1v) is 8.14. The highest BCUT2D eigenvalue weighted by Crippen LogP contribution is 2.29. The van der Waals surface area contributed by atoms with E-state index < -0.39 is 10.0 Å². The van der Waals surface area contributed by atoms with Crippen LogP contribution in [-0.2, 0) is 10.0 Å². The molecule has 20 heavy (non-hydrogen) atoms. The summed E-state index contributed by atoms with van der Waals surface area (Å²) in [5.41, 5.74) is 6.71. The van der Waals surface area contributed by atoms with Crippen molar-refractivity contribution in [2.24, 2.45) is 5.14 Å². The monoisotopic (exact) mass is 298 g/mol. The van der Waals surface area contributed by atoms with Crippen LogP contribution in [0.5, 0.6) is 0 Å². The van der Waals surface area contributed by atoms with Crippen molar-refractivity contribution in [1.29, 1.82) is 0 Å². The molecule has 0 saturated carbocycles. The Kier molecular flexibility index (Phi) is 3.95. The normalized spacial score (nSPS) is 24.9. The number of nitrogens with two attached hydrogens (primary N) is 2. The van der Waals surface area contributed by atoms with E-state index in [0.29, 0.717) is 23.5 Å². The van der Waals surface area contributed by atoms with Crippen molar-refractivity contribution in [2.75, 3.05) is 30.8 Å². The van der Waals surface area contributed by atoms with E-state index >= 15 is 0 Å². The number of anilines is 2. The minimum atomic E-state index is -3.79. The van der Waals surface area contributed by atoms with Crippen LogP contribution in [0.2, 0.25) is 0 Å². The predicted molar refractivity (Wildman–Crippen MR) is 81.1 cm³/mol. The number of hydrogen-bond acceptors (Lipinski definition) is 5. The van der Waals surface area contributed by atoms with Crippen LogP contribution in [0.4, 0.5) is 11.4 Å². The summed E-state index contributed by atoms with van der Waals surface area (Å²) in [4.78, 5) is 4.44. The third-order valence-corrected chi connectivity index (χ3v) is 4.93. The molecule has 7 heteroatoms. The molecule has 0 bridgehead atoms. The van der Waals surface area contributed by atoms with Crippen molar-refractivity contribution < 1.29 is 8.42 Å². The second kappa shape index (κ2) is 5.23. The van der Waals surface area contributed by atoms with Crippen LogP contribution in [0.3, 0.4) is 0 Å². The van der Waals surface area contributed by atoms with Gasteiger partial charge in [0.05, 0.1) is 5.69 Å². The lowest BCUT2D eigenvalue weighted by molar-refractivity contribution is 0.170. The molecule has 0 aliphatic carbocycles. The highest BCUT2D eigenvalue weighted by molar-refractivity contribution is 7.89. The molecule has 1 heterocycles. The molecule has 0 spiro atoms. The summed E-state index contributed by atoms with van der Waals surface area (Å²) in [7, 11) is -1.71. The Morgan fingerprint density at radius 1 is 1.20 bits per heavy atom. The lowest BCUT2D eigenvalue weighted by Crippen LogP contribution is -2.55. The molecule has 2 rings (SSSR count). The highest BCUT2D eigenvalue weighted by Gasteiger charge is 2.29. The molecule has 2 atom stereocenters. The fourth-order valence-corrected chi connectivity index (χ4v) is 3.41. The first-order chi connectivity index (χ1) is 9.20. The fraction of sp³-hybridized carbons (Fsp3) is 0.538. The maximum atomic E-state index is 11.8. The lowest BCUT2D eigenvalue weighted by atomic mass is 10.1. The van der Waals surface area contributed by atoms with Crippen molar-refractivity contribution in [3.63, 3.8) is 0 Å². The molecule has 1 aromatic rings. The lowest BCUT2D eigenvalue weighted by Gasteiger charge is -2.43. The van der Waals surface area contributed by atoms with Crippen molar-refractivity contribution in [2.45, 2.75) is 30.8 Å². The molecule has 4 N–H and O–H groups in total. The Bertz CT molecular complexity index is 590. The van der Waals surface area contributed by atoms with Gasteiger partial charge in [-0.1, -0.05) is 0 Å². The van der Waals surface area contributed by atoms with E-state index in [4.69, 9.17) is 10.9 Å². The zero-order chi connectivity index (χ0) is 15.1. The number of nitrogens with zero attached hydrogens (tertiary/aromatic N) is 2. The summed E-state index contributed by atoms with van der Waals surface area (Å²) in [6.07, 6.45) is 0. The van der Waals surface area contributed by atoms with Gasteiger partial charge in [0.25, 0.3) is 0 Å². The molecule has 1 aromatic carbocycles. The van der Waals surface area contributed by atoms with Gasteiger partial charge in [0.2, 0.25) is 10.0 Å². The number of piperazine rings is 1. The third-order valence-electron chi connectivity index (χ3n) is 3.99. The molecule has 0 radical (unpaired) electrons. The Morgan fingerprint density at radius 2 is 1.75 bits per heavy atom. The zero-order valence-electron chi connectivity index (χ0n) is 12.1. The Morgan fingerprint density at radius 3 is 2.25 bits per heavy atom. The minimum absolute atomic E-state index is 0.0986. The van der Waals surface area contributed by atoms with Crippen LogP contribution in [-0.4, -0.2) is 45.5 Å². The van der Waals surface area contributed by atoms with Gasteiger partial charge < -0.3 is 10.6 Å². The number of sulfonamides is 1. The van der Waals surface area contributed by atoms with Crippen LogP contribution >= 0.6 is 0 Å². The van der Waals surface area contributed by atoms with Crippen molar-refractivity contribution in [1.82, 2.24) is 4.90 Å². The van der Waals surface area contributed by atoms with Gasteiger partial charge >= 0.3 is 0 Å². The van der Waals surface area contributed by atoms with Crippen LogP contribution in [0.25, 0.3) is 0 Å². The summed E-state index contributed by atoms with van der Waals surface area (Å²) < 4.78 is 23.5. The Balaban J connectivity index is 2.43. The van der Waals surface area contributed by atoms with E-state index in [0.717, 1.165) is 13.1 Å². The molecule has 0 amide bonds. The number of likely N-dealkylation sites (N-methyl/N-ethyl adjacent to an activating group) is 1. The van der Waals surface area contributed by atoms with E-state index in [1.807, 2.05) is 0 Å². The second-order valence-corrected chi connectivity index (χ2v) is 7.07. The average molecular weight is 298 g/mol.